The number of imidazole rings is 1. The predicted molar refractivity (Wildman–Crippen MR) is 93.5 cm³/mol. The van der Waals surface area contributed by atoms with Crippen LogP contribution < -0.4 is 0 Å². The van der Waals surface area contributed by atoms with E-state index in [4.69, 9.17) is 4.74 Å². The number of amides is 1. The highest BCUT2D eigenvalue weighted by atomic mass is 127. The lowest BCUT2D eigenvalue weighted by Gasteiger charge is -2.27. The van der Waals surface area contributed by atoms with Crippen molar-refractivity contribution in [1.82, 2.24) is 14.9 Å². The molecule has 2 heterocycles. The third-order valence-corrected chi connectivity index (χ3v) is 5.68. The highest BCUT2D eigenvalue weighted by Crippen LogP contribution is 2.35. The van der Waals surface area contributed by atoms with Gasteiger partial charge in [0.05, 0.1) is 6.04 Å². The first-order valence-corrected chi connectivity index (χ1v) is 8.73. The molecule has 1 N–H and O–H groups in total. The molecule has 7 heteroatoms. The number of aromatic amines is 1. The Balaban J connectivity index is 2.20. The molecule has 1 fully saturated rings. The van der Waals surface area contributed by atoms with Gasteiger partial charge < -0.3 is 9.72 Å². The van der Waals surface area contributed by atoms with Gasteiger partial charge in [-0.1, -0.05) is 6.92 Å². The van der Waals surface area contributed by atoms with E-state index in [0.717, 1.165) is 19.6 Å². The van der Waals surface area contributed by atoms with Gasteiger partial charge in [0.1, 0.15) is 18.8 Å². The number of rotatable bonds is 1. The van der Waals surface area contributed by atoms with Gasteiger partial charge in [-0.25, -0.2) is 9.78 Å². The molecule has 1 aliphatic heterocycles. The van der Waals surface area contributed by atoms with E-state index in [1.807, 2.05) is 20.8 Å². The van der Waals surface area contributed by atoms with Crippen LogP contribution in [0, 0.1) is 13.3 Å². The highest BCUT2D eigenvalue weighted by Gasteiger charge is 2.38. The van der Waals surface area contributed by atoms with Gasteiger partial charge in [-0.15, -0.1) is 0 Å². The maximum atomic E-state index is 12.3. The maximum Gasteiger partial charge on any atom is 0.410 e. The molecule has 0 saturated carbocycles. The lowest BCUT2D eigenvalue weighted by molar-refractivity contribution is 0.0214. The van der Waals surface area contributed by atoms with Crippen molar-refractivity contribution in [2.24, 2.45) is 5.92 Å². The number of hydrogen-bond acceptors (Lipinski definition) is 3. The van der Waals surface area contributed by atoms with Gasteiger partial charge in [-0.3, -0.25) is 4.90 Å². The predicted octanol–water partition coefficient (Wildman–Crippen LogP) is 3.94. The number of hydrogen-bond donors (Lipinski definition) is 1. The van der Waals surface area contributed by atoms with Gasteiger partial charge in [-0.2, -0.15) is 0 Å². The number of H-pyrrole nitrogens is 1. The monoisotopic (exact) mass is 503 g/mol. The summed E-state index contributed by atoms with van der Waals surface area (Å²) < 4.78 is 7.46. The molecule has 1 unspecified atom stereocenters. The van der Waals surface area contributed by atoms with Crippen LogP contribution in [0.2, 0.25) is 0 Å². The van der Waals surface area contributed by atoms with E-state index >= 15 is 0 Å². The van der Waals surface area contributed by atoms with Crippen LogP contribution in [0.1, 0.15) is 46.0 Å². The van der Waals surface area contributed by atoms with Gasteiger partial charge in [0.2, 0.25) is 0 Å². The summed E-state index contributed by atoms with van der Waals surface area (Å²) in [4.78, 5) is 21.9. The molecule has 2 atom stereocenters. The maximum absolute atomic E-state index is 12.3. The van der Waals surface area contributed by atoms with E-state index in [1.165, 1.54) is 0 Å². The molecule has 0 aliphatic carbocycles. The number of carbonyl (C=O) groups is 1. The molecule has 0 spiro atoms. The molecule has 1 aliphatic rings. The minimum absolute atomic E-state index is 0.0168. The van der Waals surface area contributed by atoms with Gasteiger partial charge >= 0.3 is 6.09 Å². The Hall–Kier alpha value is -0.0600. The van der Waals surface area contributed by atoms with E-state index in [1.54, 1.807) is 4.90 Å². The van der Waals surface area contributed by atoms with Crippen molar-refractivity contribution in [2.75, 3.05) is 6.54 Å². The third-order valence-electron chi connectivity index (χ3n) is 3.09. The molecule has 1 saturated heterocycles. The Morgan fingerprint density at radius 2 is 2.10 bits per heavy atom. The van der Waals surface area contributed by atoms with Crippen LogP contribution in [0.15, 0.2) is 0 Å². The number of ether oxygens (including phenoxy) is 1. The van der Waals surface area contributed by atoms with Crippen molar-refractivity contribution >= 4 is 51.3 Å². The van der Waals surface area contributed by atoms with E-state index in [0.29, 0.717) is 12.5 Å². The Morgan fingerprint density at radius 3 is 2.60 bits per heavy atom. The van der Waals surface area contributed by atoms with Crippen LogP contribution in [0.4, 0.5) is 4.79 Å². The normalized spacial score (nSPS) is 23.2. The first-order valence-electron chi connectivity index (χ1n) is 6.58. The molecule has 112 valence electrons. The summed E-state index contributed by atoms with van der Waals surface area (Å²) in [6.07, 6.45) is 0.659. The number of nitrogens with one attached hydrogen (secondary N) is 1. The van der Waals surface area contributed by atoms with E-state index in [-0.39, 0.29) is 12.1 Å². The van der Waals surface area contributed by atoms with Crippen molar-refractivity contribution in [2.45, 2.75) is 45.8 Å². The summed E-state index contributed by atoms with van der Waals surface area (Å²) in [6.45, 7) is 8.53. The molecule has 1 aromatic heterocycles. The van der Waals surface area contributed by atoms with E-state index in [9.17, 15) is 4.79 Å². The lowest BCUT2D eigenvalue weighted by Crippen LogP contribution is -2.37. The minimum Gasteiger partial charge on any atom is -0.444 e. The van der Waals surface area contributed by atoms with Gasteiger partial charge in [0, 0.05) is 6.54 Å². The topological polar surface area (TPSA) is 58.2 Å². The summed E-state index contributed by atoms with van der Waals surface area (Å²) in [5, 5.41) is 0. The summed E-state index contributed by atoms with van der Waals surface area (Å²) in [6, 6.07) is -0.0168. The molecule has 2 rings (SSSR count). The molecule has 0 bridgehead atoms. The fourth-order valence-electron chi connectivity index (χ4n) is 2.33. The SMILES string of the molecule is CC1C[C@@H](c2nc(I)c(I)[nH]2)N(C(=O)OC(C)(C)C)C1. The summed E-state index contributed by atoms with van der Waals surface area (Å²) in [7, 11) is 0. The molecule has 1 amide bonds. The van der Waals surface area contributed by atoms with Gasteiger partial charge in [-0.05, 0) is 78.3 Å². The van der Waals surface area contributed by atoms with Crippen LogP contribution in [-0.4, -0.2) is 33.1 Å². The van der Waals surface area contributed by atoms with E-state index in [2.05, 4.69) is 62.1 Å². The first kappa shape index (κ1) is 16.3. The zero-order valence-corrected chi connectivity index (χ0v) is 16.4. The summed E-state index contributed by atoms with van der Waals surface area (Å²) in [5.74, 6) is 1.31. The number of aromatic nitrogens is 2. The molecular weight excluding hydrogens is 484 g/mol. The van der Waals surface area contributed by atoms with Crippen molar-refractivity contribution in [1.29, 1.82) is 0 Å². The average Bonchev–Trinajstić information content (AvgIpc) is 2.81. The highest BCUT2D eigenvalue weighted by molar-refractivity contribution is 14.1. The second kappa shape index (κ2) is 5.98. The summed E-state index contributed by atoms with van der Waals surface area (Å²) in [5.41, 5.74) is -0.473. The Labute approximate surface area is 146 Å². The minimum atomic E-state index is -0.473. The number of nitrogens with zero attached hydrogens (tertiary/aromatic N) is 2. The molecule has 1 aromatic rings. The second-order valence-corrected chi connectivity index (χ2v) is 8.32. The Kier molecular flexibility index (Phi) is 4.87. The third kappa shape index (κ3) is 3.77. The van der Waals surface area contributed by atoms with Crippen molar-refractivity contribution in [3.63, 3.8) is 0 Å². The summed E-state index contributed by atoms with van der Waals surface area (Å²) >= 11 is 4.42. The Bertz CT molecular complexity index is 491. The first-order chi connectivity index (χ1) is 9.17. The number of halogens is 2. The smallest absolute Gasteiger partial charge is 0.410 e. The zero-order chi connectivity index (χ0) is 15.1. The quantitative estimate of drug-likeness (QED) is 0.592. The van der Waals surface area contributed by atoms with Crippen LogP contribution in [-0.2, 0) is 4.74 Å². The lowest BCUT2D eigenvalue weighted by atomic mass is 10.1. The van der Waals surface area contributed by atoms with Crippen LogP contribution in [0.25, 0.3) is 0 Å². The van der Waals surface area contributed by atoms with Crippen molar-refractivity contribution in [3.05, 3.63) is 13.2 Å². The number of likely N-dealkylation sites (tertiary alicyclic amines) is 1. The second-order valence-electron chi connectivity index (χ2n) is 6.22. The Morgan fingerprint density at radius 1 is 1.45 bits per heavy atom. The van der Waals surface area contributed by atoms with Crippen molar-refractivity contribution in [3.8, 4) is 0 Å². The van der Waals surface area contributed by atoms with Crippen LogP contribution in [0.3, 0.4) is 0 Å². The van der Waals surface area contributed by atoms with Crippen LogP contribution in [0.5, 0.6) is 0 Å². The van der Waals surface area contributed by atoms with Crippen molar-refractivity contribution < 1.29 is 9.53 Å². The molecule has 5 nitrogen and oxygen atoms in total. The standard InChI is InChI=1S/C13H19I2N3O2/c1-7-5-8(11-16-9(14)10(15)17-11)18(6-7)12(19)20-13(2,3)4/h7-8H,5-6H2,1-4H3,(H,16,17)/t7?,8-/m0/s1. The molecule has 0 radical (unpaired) electrons. The molecule has 0 aromatic carbocycles. The van der Waals surface area contributed by atoms with Gasteiger partial charge in [0.15, 0.2) is 0 Å². The zero-order valence-electron chi connectivity index (χ0n) is 12.0. The van der Waals surface area contributed by atoms with Gasteiger partial charge in [0.25, 0.3) is 0 Å². The average molecular weight is 503 g/mol. The van der Waals surface area contributed by atoms with Crippen LogP contribution >= 0.6 is 45.2 Å². The molecule has 20 heavy (non-hydrogen) atoms. The van der Waals surface area contributed by atoms with E-state index < -0.39 is 5.60 Å². The fraction of sp³-hybridized carbons (Fsp3) is 0.692. The molecular formula is C13H19I2N3O2. The fourth-order valence-corrected chi connectivity index (χ4v) is 3.12. The number of carbonyl (C=O) groups excluding carboxylic acids is 1. The largest absolute Gasteiger partial charge is 0.444 e.